The summed E-state index contributed by atoms with van der Waals surface area (Å²) < 4.78 is 16.4. The van der Waals surface area contributed by atoms with Gasteiger partial charge in [0.25, 0.3) is 0 Å². The molecular formula is C44H37BN2O2. The molecule has 2 unspecified atom stereocenters. The van der Waals surface area contributed by atoms with Gasteiger partial charge < -0.3 is 18.2 Å². The molecule has 5 aromatic carbocycles. The number of nitrogens with zero attached hydrogens (tertiary/aromatic N) is 2. The molecule has 238 valence electrons. The quantitative estimate of drug-likeness (QED) is 0.155. The van der Waals surface area contributed by atoms with Crippen LogP contribution < -0.4 is 15.8 Å². The Morgan fingerprint density at radius 1 is 0.714 bits per heavy atom. The third-order valence-corrected chi connectivity index (χ3v) is 13.5. The number of rotatable bonds is 0. The number of para-hydroxylation sites is 3. The number of hydrogen-bond acceptors (Lipinski definition) is 3. The molecule has 5 heteroatoms. The van der Waals surface area contributed by atoms with Gasteiger partial charge in [-0.3, -0.25) is 0 Å². The van der Waals surface area contributed by atoms with Gasteiger partial charge in [0.2, 0.25) is 0 Å². The predicted octanol–water partition coefficient (Wildman–Crippen LogP) is 10.4. The molecule has 1 fully saturated rings. The molecule has 0 N–H and O–H groups in total. The zero-order chi connectivity index (χ0) is 32.8. The standard InChI is InChI=1S/C44H37BN2O2/c1-42(2,3)24-21-30-39-31(22-24)45-36-32(46(39)44(5)20-11-10-19-43(30,44)4)23-29-25-13-6-8-17-33(25)48-40(29)35(36)27-15-12-16-28-37(27)47(45)38-26-14-7-9-18-34(26)49-41(28)38/h6-9,12-18,21-23H,10-11,19-20H2,1-5H3. The Bertz CT molecular complexity index is 2830. The third kappa shape index (κ3) is 2.88. The Morgan fingerprint density at radius 2 is 1.43 bits per heavy atom. The molecule has 3 aromatic heterocycles. The highest BCUT2D eigenvalue weighted by Crippen LogP contribution is 2.63. The second-order valence-corrected chi connectivity index (χ2v) is 16.8. The molecule has 6 heterocycles. The molecule has 0 saturated heterocycles. The number of hydrogen-bond donors (Lipinski definition) is 0. The van der Waals surface area contributed by atoms with E-state index >= 15 is 0 Å². The van der Waals surface area contributed by atoms with Crippen LogP contribution in [-0.4, -0.2) is 16.9 Å². The molecule has 3 aliphatic heterocycles. The van der Waals surface area contributed by atoms with Crippen LogP contribution in [0.3, 0.4) is 0 Å². The van der Waals surface area contributed by atoms with Gasteiger partial charge in [-0.15, -0.1) is 0 Å². The van der Waals surface area contributed by atoms with Crippen LogP contribution in [0.1, 0.15) is 71.4 Å². The first-order valence-electron chi connectivity index (χ1n) is 18.1. The summed E-state index contributed by atoms with van der Waals surface area (Å²) in [6.07, 6.45) is 4.90. The van der Waals surface area contributed by atoms with E-state index in [9.17, 15) is 0 Å². The molecule has 49 heavy (non-hydrogen) atoms. The monoisotopic (exact) mass is 636 g/mol. The molecular weight excluding hydrogens is 599 g/mol. The summed E-state index contributed by atoms with van der Waals surface area (Å²) in [7, 11) is 0. The number of anilines is 2. The van der Waals surface area contributed by atoms with Gasteiger partial charge in [-0.2, -0.15) is 0 Å². The molecule has 1 aliphatic carbocycles. The maximum Gasteiger partial charge on any atom is 0.333 e. The lowest BCUT2D eigenvalue weighted by Crippen LogP contribution is -2.62. The third-order valence-electron chi connectivity index (χ3n) is 13.5. The average molecular weight is 637 g/mol. The molecule has 0 spiro atoms. The van der Waals surface area contributed by atoms with Crippen LogP contribution in [0.15, 0.2) is 93.8 Å². The van der Waals surface area contributed by atoms with E-state index in [-0.39, 0.29) is 23.2 Å². The summed E-state index contributed by atoms with van der Waals surface area (Å²) in [4.78, 5) is 2.83. The summed E-state index contributed by atoms with van der Waals surface area (Å²) in [5, 5.41) is 4.74. The lowest BCUT2D eigenvalue weighted by Gasteiger charge is -2.52. The fourth-order valence-corrected chi connectivity index (χ4v) is 10.9. The summed E-state index contributed by atoms with van der Waals surface area (Å²) in [6.45, 7) is 12.3. The van der Waals surface area contributed by atoms with Gasteiger partial charge in [-0.25, -0.2) is 0 Å². The Balaban J connectivity index is 1.36. The van der Waals surface area contributed by atoms with E-state index in [1.165, 1.54) is 103 Å². The van der Waals surface area contributed by atoms with E-state index in [4.69, 9.17) is 8.83 Å². The van der Waals surface area contributed by atoms with Crippen molar-refractivity contribution in [1.29, 1.82) is 0 Å². The van der Waals surface area contributed by atoms with Gasteiger partial charge in [0, 0.05) is 55.0 Å². The van der Waals surface area contributed by atoms with E-state index in [1.807, 2.05) is 0 Å². The van der Waals surface area contributed by atoms with Gasteiger partial charge in [0.1, 0.15) is 16.7 Å². The predicted molar refractivity (Wildman–Crippen MR) is 204 cm³/mol. The molecule has 8 aromatic rings. The fourth-order valence-electron chi connectivity index (χ4n) is 10.9. The van der Waals surface area contributed by atoms with E-state index < -0.39 is 0 Å². The summed E-state index contributed by atoms with van der Waals surface area (Å²) in [5.74, 6) is 0. The Hall–Kier alpha value is -4.90. The number of benzene rings is 5. The van der Waals surface area contributed by atoms with Crippen molar-refractivity contribution in [3.63, 3.8) is 0 Å². The Kier molecular flexibility index (Phi) is 4.56. The second-order valence-electron chi connectivity index (χ2n) is 16.8. The minimum absolute atomic E-state index is 0.00240. The Labute approximate surface area is 285 Å². The van der Waals surface area contributed by atoms with Crippen LogP contribution in [0.2, 0.25) is 0 Å². The van der Waals surface area contributed by atoms with Crippen molar-refractivity contribution in [2.75, 3.05) is 4.90 Å². The largest absolute Gasteiger partial charge is 0.455 e. The zero-order valence-corrected chi connectivity index (χ0v) is 28.7. The lowest BCUT2D eigenvalue weighted by atomic mass is 9.44. The number of aromatic nitrogens is 1. The molecule has 1 saturated carbocycles. The van der Waals surface area contributed by atoms with Gasteiger partial charge in [-0.1, -0.05) is 95.1 Å². The highest BCUT2D eigenvalue weighted by molar-refractivity contribution is 6.90. The molecule has 4 aliphatic rings. The van der Waals surface area contributed by atoms with Gasteiger partial charge in [0.05, 0.1) is 11.1 Å². The van der Waals surface area contributed by atoms with Crippen LogP contribution >= 0.6 is 0 Å². The highest BCUT2D eigenvalue weighted by atomic mass is 16.3. The summed E-state index contributed by atoms with van der Waals surface area (Å²) >= 11 is 0. The van der Waals surface area contributed by atoms with E-state index in [2.05, 4.69) is 129 Å². The minimum atomic E-state index is -0.0502. The first-order chi connectivity index (χ1) is 23.7. The molecule has 0 radical (unpaired) electrons. The van der Waals surface area contributed by atoms with Crippen molar-refractivity contribution < 1.29 is 8.83 Å². The van der Waals surface area contributed by atoms with Crippen molar-refractivity contribution in [1.82, 2.24) is 4.48 Å². The van der Waals surface area contributed by atoms with Crippen LogP contribution in [0.25, 0.3) is 66.0 Å². The van der Waals surface area contributed by atoms with Crippen molar-refractivity contribution in [3.8, 4) is 11.1 Å². The maximum absolute atomic E-state index is 6.94. The van der Waals surface area contributed by atoms with Crippen LogP contribution in [0, 0.1) is 0 Å². The van der Waals surface area contributed by atoms with Crippen molar-refractivity contribution in [3.05, 3.63) is 96.1 Å². The van der Waals surface area contributed by atoms with Crippen LogP contribution in [0.4, 0.5) is 11.4 Å². The van der Waals surface area contributed by atoms with E-state index in [1.54, 1.807) is 0 Å². The van der Waals surface area contributed by atoms with Crippen molar-refractivity contribution in [2.45, 2.75) is 76.7 Å². The van der Waals surface area contributed by atoms with Crippen molar-refractivity contribution >= 4 is 84.1 Å². The summed E-state index contributed by atoms with van der Waals surface area (Å²) in [6, 6.07) is 31.7. The second kappa shape index (κ2) is 8.27. The molecule has 0 amide bonds. The fraction of sp³-hybridized carbons (Fsp3) is 0.273. The first-order valence-corrected chi connectivity index (χ1v) is 18.1. The number of furan rings is 2. The van der Waals surface area contributed by atoms with Crippen LogP contribution in [-0.2, 0) is 10.8 Å². The van der Waals surface area contributed by atoms with Gasteiger partial charge >= 0.3 is 6.85 Å². The topological polar surface area (TPSA) is 34.5 Å². The van der Waals surface area contributed by atoms with Crippen molar-refractivity contribution in [2.24, 2.45) is 0 Å². The van der Waals surface area contributed by atoms with E-state index in [0.717, 1.165) is 22.3 Å². The lowest BCUT2D eigenvalue weighted by molar-refractivity contribution is 0.195. The zero-order valence-electron chi connectivity index (χ0n) is 28.7. The smallest absolute Gasteiger partial charge is 0.333 e. The van der Waals surface area contributed by atoms with Crippen LogP contribution in [0.5, 0.6) is 0 Å². The van der Waals surface area contributed by atoms with Gasteiger partial charge in [0.15, 0.2) is 5.58 Å². The molecule has 4 nitrogen and oxygen atoms in total. The van der Waals surface area contributed by atoms with E-state index in [0.29, 0.717) is 0 Å². The number of fused-ring (bicyclic) bond motifs is 16. The maximum atomic E-state index is 6.94. The normalized spacial score (nSPS) is 22.1. The average Bonchev–Trinajstić information content (AvgIpc) is 3.80. The molecule has 0 bridgehead atoms. The SMILES string of the molecule is CC(C)(C)c1cc2c3c(c1)C1(C)CCCCC1(C)N3c1cc3c(oc4ccccc43)c3c1B2n1c2c-3cccc2c2oc3ccccc3c21. The Morgan fingerprint density at radius 3 is 2.24 bits per heavy atom. The molecule has 2 atom stereocenters. The first kappa shape index (κ1) is 27.0. The summed E-state index contributed by atoms with van der Waals surface area (Å²) in [5.41, 5.74) is 17.3. The highest BCUT2D eigenvalue weighted by Gasteiger charge is 2.62. The minimum Gasteiger partial charge on any atom is -0.455 e. The van der Waals surface area contributed by atoms with Gasteiger partial charge in [-0.05, 0) is 77.6 Å². The molecule has 12 rings (SSSR count).